The zero-order chi connectivity index (χ0) is 15.7. The molecular weight excluding hydrogens is 266 g/mol. The van der Waals surface area contributed by atoms with Crippen molar-refractivity contribution in [2.75, 3.05) is 30.4 Å². The van der Waals surface area contributed by atoms with E-state index in [1.165, 1.54) is 0 Å². The molecule has 1 aromatic heterocycles. The lowest BCUT2D eigenvalue weighted by Crippen LogP contribution is -2.30. The van der Waals surface area contributed by atoms with E-state index in [9.17, 15) is 0 Å². The summed E-state index contributed by atoms with van der Waals surface area (Å²) in [6.07, 6.45) is 4.19. The second kappa shape index (κ2) is 9.37. The molecule has 1 heterocycles. The van der Waals surface area contributed by atoms with Crippen molar-refractivity contribution in [3.63, 3.8) is 0 Å². The summed E-state index contributed by atoms with van der Waals surface area (Å²) < 4.78 is 5.58. The predicted molar refractivity (Wildman–Crippen MR) is 87.2 cm³/mol. The number of nitrogens with one attached hydrogen (secondary N) is 1. The van der Waals surface area contributed by atoms with Crippen molar-refractivity contribution >= 4 is 11.9 Å². The molecule has 21 heavy (non-hydrogen) atoms. The topological polar surface area (TPSA) is 63.2 Å². The van der Waals surface area contributed by atoms with Gasteiger partial charge in [-0.2, -0.15) is 15.0 Å². The Morgan fingerprint density at radius 1 is 1.10 bits per heavy atom. The van der Waals surface area contributed by atoms with Gasteiger partial charge in [-0.3, -0.25) is 0 Å². The molecule has 0 spiro atoms. The molecule has 0 saturated heterocycles. The SMILES string of the molecule is CCCNc1nc(OCCC)nc(N(C)C(C)CCC)n1. The second-order valence-electron chi connectivity index (χ2n) is 5.27. The maximum atomic E-state index is 5.58. The standard InChI is InChI=1S/C15H29N5O/c1-6-9-12(4)20(5)14-17-13(16-10-7-2)18-15(19-14)21-11-8-3/h12H,6-11H2,1-5H3,(H,16,17,18,19). The summed E-state index contributed by atoms with van der Waals surface area (Å²) in [6.45, 7) is 9.99. The summed E-state index contributed by atoms with van der Waals surface area (Å²) in [6, 6.07) is 0.784. The van der Waals surface area contributed by atoms with Gasteiger partial charge in [0, 0.05) is 19.6 Å². The Morgan fingerprint density at radius 3 is 2.48 bits per heavy atom. The van der Waals surface area contributed by atoms with Crippen LogP contribution in [0.3, 0.4) is 0 Å². The Balaban J connectivity index is 2.93. The smallest absolute Gasteiger partial charge is 0.323 e. The van der Waals surface area contributed by atoms with Crippen LogP contribution in [0.4, 0.5) is 11.9 Å². The van der Waals surface area contributed by atoms with Gasteiger partial charge in [0.2, 0.25) is 11.9 Å². The van der Waals surface area contributed by atoms with Crippen LogP contribution in [0.1, 0.15) is 53.4 Å². The van der Waals surface area contributed by atoms with Crippen LogP contribution >= 0.6 is 0 Å². The summed E-state index contributed by atoms with van der Waals surface area (Å²) in [5, 5.41) is 3.21. The first kappa shape index (κ1) is 17.5. The van der Waals surface area contributed by atoms with Crippen LogP contribution in [0.15, 0.2) is 0 Å². The second-order valence-corrected chi connectivity index (χ2v) is 5.27. The molecule has 1 unspecified atom stereocenters. The number of nitrogens with zero attached hydrogens (tertiary/aromatic N) is 4. The van der Waals surface area contributed by atoms with E-state index in [2.05, 4.69) is 52.9 Å². The minimum Gasteiger partial charge on any atom is -0.463 e. The van der Waals surface area contributed by atoms with Gasteiger partial charge in [-0.1, -0.05) is 27.2 Å². The molecule has 120 valence electrons. The summed E-state index contributed by atoms with van der Waals surface area (Å²) in [5.74, 6) is 1.25. The summed E-state index contributed by atoms with van der Waals surface area (Å²) >= 11 is 0. The van der Waals surface area contributed by atoms with Crippen molar-refractivity contribution in [2.45, 2.75) is 59.4 Å². The maximum absolute atomic E-state index is 5.58. The van der Waals surface area contributed by atoms with Gasteiger partial charge in [0.1, 0.15) is 0 Å². The molecule has 0 aliphatic heterocycles. The molecule has 1 rings (SSSR count). The highest BCUT2D eigenvalue weighted by Crippen LogP contribution is 2.17. The fourth-order valence-electron chi connectivity index (χ4n) is 1.89. The zero-order valence-corrected chi connectivity index (χ0v) is 14.0. The molecule has 0 fully saturated rings. The van der Waals surface area contributed by atoms with Crippen molar-refractivity contribution in [3.8, 4) is 6.01 Å². The molecule has 0 amide bonds. The van der Waals surface area contributed by atoms with Gasteiger partial charge in [0.25, 0.3) is 0 Å². The minimum atomic E-state index is 0.385. The summed E-state index contributed by atoms with van der Waals surface area (Å²) in [7, 11) is 2.02. The van der Waals surface area contributed by atoms with E-state index in [4.69, 9.17) is 4.74 Å². The van der Waals surface area contributed by atoms with Crippen molar-refractivity contribution < 1.29 is 4.74 Å². The Labute approximate surface area is 128 Å². The molecule has 0 aliphatic carbocycles. The quantitative estimate of drug-likeness (QED) is 0.715. The van der Waals surface area contributed by atoms with Crippen molar-refractivity contribution in [1.82, 2.24) is 15.0 Å². The van der Waals surface area contributed by atoms with E-state index in [-0.39, 0.29) is 0 Å². The average molecular weight is 295 g/mol. The first-order chi connectivity index (χ1) is 10.1. The fourth-order valence-corrected chi connectivity index (χ4v) is 1.89. The fraction of sp³-hybridized carbons (Fsp3) is 0.800. The molecule has 1 aromatic rings. The Bertz CT molecular complexity index is 387. The summed E-state index contributed by atoms with van der Waals surface area (Å²) in [5.41, 5.74) is 0. The molecule has 6 heteroatoms. The van der Waals surface area contributed by atoms with Crippen LogP contribution in [0, 0.1) is 0 Å². The lowest BCUT2D eigenvalue weighted by atomic mass is 10.2. The van der Waals surface area contributed by atoms with E-state index in [0.717, 1.165) is 32.2 Å². The average Bonchev–Trinajstić information content (AvgIpc) is 2.50. The van der Waals surface area contributed by atoms with Gasteiger partial charge in [-0.15, -0.1) is 0 Å². The van der Waals surface area contributed by atoms with Gasteiger partial charge in [0.05, 0.1) is 6.61 Å². The number of hydrogen-bond donors (Lipinski definition) is 1. The Hall–Kier alpha value is -1.59. The van der Waals surface area contributed by atoms with Crippen LogP contribution in [-0.4, -0.2) is 41.2 Å². The zero-order valence-electron chi connectivity index (χ0n) is 14.0. The molecule has 0 saturated carbocycles. The first-order valence-corrected chi connectivity index (χ1v) is 7.97. The van der Waals surface area contributed by atoms with E-state index < -0.39 is 0 Å². The monoisotopic (exact) mass is 295 g/mol. The molecule has 0 radical (unpaired) electrons. The molecule has 0 aromatic carbocycles. The van der Waals surface area contributed by atoms with Crippen molar-refractivity contribution in [1.29, 1.82) is 0 Å². The molecule has 1 N–H and O–H groups in total. The number of anilines is 2. The van der Waals surface area contributed by atoms with Crippen LogP contribution in [0.2, 0.25) is 0 Å². The summed E-state index contributed by atoms with van der Waals surface area (Å²) in [4.78, 5) is 15.3. The van der Waals surface area contributed by atoms with Crippen LogP contribution < -0.4 is 15.0 Å². The lowest BCUT2D eigenvalue weighted by Gasteiger charge is -2.25. The first-order valence-electron chi connectivity index (χ1n) is 7.97. The van der Waals surface area contributed by atoms with E-state index >= 15 is 0 Å². The van der Waals surface area contributed by atoms with Gasteiger partial charge >= 0.3 is 6.01 Å². The predicted octanol–water partition coefficient (Wildman–Crippen LogP) is 3.11. The van der Waals surface area contributed by atoms with Gasteiger partial charge < -0.3 is 15.0 Å². The van der Waals surface area contributed by atoms with E-state index in [1.54, 1.807) is 0 Å². The third-order valence-electron chi connectivity index (χ3n) is 3.25. The maximum Gasteiger partial charge on any atom is 0.323 e. The normalized spacial score (nSPS) is 12.0. The highest BCUT2D eigenvalue weighted by Gasteiger charge is 2.15. The van der Waals surface area contributed by atoms with Crippen LogP contribution in [0.5, 0.6) is 6.01 Å². The number of hydrogen-bond acceptors (Lipinski definition) is 6. The molecule has 6 nitrogen and oxygen atoms in total. The Kier molecular flexibility index (Phi) is 7.79. The van der Waals surface area contributed by atoms with Gasteiger partial charge in [-0.25, -0.2) is 0 Å². The number of ether oxygens (including phenoxy) is 1. The lowest BCUT2D eigenvalue weighted by molar-refractivity contribution is 0.291. The molecule has 0 bridgehead atoms. The van der Waals surface area contributed by atoms with E-state index in [1.807, 2.05) is 7.05 Å². The third-order valence-corrected chi connectivity index (χ3v) is 3.25. The largest absolute Gasteiger partial charge is 0.463 e. The number of aromatic nitrogens is 3. The third kappa shape index (κ3) is 5.73. The highest BCUT2D eigenvalue weighted by atomic mass is 16.5. The minimum absolute atomic E-state index is 0.385. The van der Waals surface area contributed by atoms with Gasteiger partial charge in [-0.05, 0) is 26.2 Å². The van der Waals surface area contributed by atoms with Crippen LogP contribution in [0.25, 0.3) is 0 Å². The van der Waals surface area contributed by atoms with E-state index in [0.29, 0.717) is 30.6 Å². The van der Waals surface area contributed by atoms with Gasteiger partial charge in [0.15, 0.2) is 0 Å². The van der Waals surface area contributed by atoms with Crippen molar-refractivity contribution in [2.24, 2.45) is 0 Å². The Morgan fingerprint density at radius 2 is 1.86 bits per heavy atom. The van der Waals surface area contributed by atoms with Crippen molar-refractivity contribution in [3.05, 3.63) is 0 Å². The molecule has 0 aliphatic rings. The highest BCUT2D eigenvalue weighted by molar-refractivity contribution is 5.38. The molecule has 1 atom stereocenters. The molecular formula is C15H29N5O. The van der Waals surface area contributed by atoms with Crippen LogP contribution in [-0.2, 0) is 0 Å². The number of rotatable bonds is 10.